The molecule has 5 nitrogen and oxygen atoms in total. The molecule has 0 radical (unpaired) electrons. The van der Waals surface area contributed by atoms with Gasteiger partial charge in [0.1, 0.15) is 0 Å². The molecule has 1 fully saturated rings. The molecule has 1 saturated heterocycles. The van der Waals surface area contributed by atoms with Gasteiger partial charge in [-0.25, -0.2) is 0 Å². The quantitative estimate of drug-likeness (QED) is 0.838. The van der Waals surface area contributed by atoms with Crippen LogP contribution < -0.4 is 4.90 Å². The Hall–Kier alpha value is -1.53. The number of nitrogens with zero attached hydrogens (tertiary/aromatic N) is 2. The van der Waals surface area contributed by atoms with Crippen molar-refractivity contribution >= 4 is 29.3 Å². The van der Waals surface area contributed by atoms with Gasteiger partial charge in [-0.2, -0.15) is 0 Å². The van der Waals surface area contributed by atoms with Crippen molar-refractivity contribution in [1.82, 2.24) is 4.90 Å². The lowest BCUT2D eigenvalue weighted by atomic mass is 10.0. The number of carbonyl (C=O) groups is 2. The molecule has 2 aliphatic heterocycles. The molecule has 6 heteroatoms. The fourth-order valence-corrected chi connectivity index (χ4v) is 3.79. The van der Waals surface area contributed by atoms with Crippen LogP contribution >= 0.6 is 11.8 Å². The van der Waals surface area contributed by atoms with Crippen LogP contribution in [0.5, 0.6) is 0 Å². The first-order chi connectivity index (χ1) is 11.3. The Morgan fingerprint density at radius 1 is 1.04 bits per heavy atom. The minimum Gasteiger partial charge on any atom is -0.378 e. The molecule has 2 aliphatic rings. The highest BCUT2D eigenvalue weighted by atomic mass is 32.2. The number of morpholine rings is 1. The summed E-state index contributed by atoms with van der Waals surface area (Å²) in [5.74, 6) is 0.910. The van der Waals surface area contributed by atoms with Gasteiger partial charge >= 0.3 is 0 Å². The first-order valence-electron chi connectivity index (χ1n) is 8.07. The summed E-state index contributed by atoms with van der Waals surface area (Å²) in [6.07, 6.45) is 2.03. The van der Waals surface area contributed by atoms with Crippen LogP contribution in [-0.4, -0.2) is 61.1 Å². The van der Waals surface area contributed by atoms with Crippen molar-refractivity contribution in [2.24, 2.45) is 0 Å². The minimum absolute atomic E-state index is 0.0944. The Kier molecular flexibility index (Phi) is 5.56. The molecule has 2 heterocycles. The van der Waals surface area contributed by atoms with E-state index in [1.54, 1.807) is 0 Å². The molecule has 0 aromatic heterocycles. The van der Waals surface area contributed by atoms with E-state index in [4.69, 9.17) is 4.74 Å². The lowest BCUT2D eigenvalue weighted by molar-refractivity contribution is -0.132. The molecule has 2 amide bonds. The fourth-order valence-electron chi connectivity index (χ4n) is 3.00. The molecule has 0 bridgehead atoms. The number of fused-ring (bicyclic) bond motifs is 1. The van der Waals surface area contributed by atoms with Gasteiger partial charge in [0.2, 0.25) is 11.8 Å². The van der Waals surface area contributed by atoms with Gasteiger partial charge in [0.15, 0.2) is 0 Å². The van der Waals surface area contributed by atoms with Crippen LogP contribution in [0.25, 0.3) is 0 Å². The van der Waals surface area contributed by atoms with E-state index >= 15 is 0 Å². The zero-order chi connectivity index (χ0) is 16.1. The molecular formula is C17H22N2O3S. The summed E-state index contributed by atoms with van der Waals surface area (Å²) >= 11 is 1.41. The van der Waals surface area contributed by atoms with E-state index in [0.717, 1.165) is 25.1 Å². The summed E-state index contributed by atoms with van der Waals surface area (Å²) in [5.41, 5.74) is 2.27. The zero-order valence-corrected chi connectivity index (χ0v) is 14.0. The van der Waals surface area contributed by atoms with Crippen molar-refractivity contribution in [3.05, 3.63) is 29.8 Å². The Morgan fingerprint density at radius 2 is 1.78 bits per heavy atom. The fraction of sp³-hybridized carbons (Fsp3) is 0.529. The number of carbonyl (C=O) groups excluding carboxylic acids is 2. The summed E-state index contributed by atoms with van der Waals surface area (Å²) < 4.78 is 5.24. The van der Waals surface area contributed by atoms with Crippen LogP contribution in [0.15, 0.2) is 24.3 Å². The first kappa shape index (κ1) is 16.3. The van der Waals surface area contributed by atoms with E-state index in [2.05, 4.69) is 6.07 Å². The van der Waals surface area contributed by atoms with Crippen LogP contribution in [0.4, 0.5) is 5.69 Å². The zero-order valence-electron chi connectivity index (χ0n) is 13.2. The highest BCUT2D eigenvalue weighted by Gasteiger charge is 2.23. The third-order valence-corrected chi connectivity index (χ3v) is 5.13. The van der Waals surface area contributed by atoms with Crippen molar-refractivity contribution in [3.8, 4) is 0 Å². The first-order valence-corrected chi connectivity index (χ1v) is 9.23. The standard InChI is InChI=1S/C17H22N2O3S/c20-16(18-8-10-22-11-9-18)12-23-13-17(21)19-7-3-5-14-4-1-2-6-15(14)19/h1-2,4,6H,3,5,7-13H2. The van der Waals surface area contributed by atoms with Crippen LogP contribution in [0.2, 0.25) is 0 Å². The highest BCUT2D eigenvalue weighted by Crippen LogP contribution is 2.27. The number of hydrogen-bond donors (Lipinski definition) is 0. The van der Waals surface area contributed by atoms with Crippen LogP contribution in [0.3, 0.4) is 0 Å². The van der Waals surface area contributed by atoms with Crippen molar-refractivity contribution in [2.45, 2.75) is 12.8 Å². The number of para-hydroxylation sites is 1. The van der Waals surface area contributed by atoms with Crippen molar-refractivity contribution < 1.29 is 14.3 Å². The molecule has 23 heavy (non-hydrogen) atoms. The van der Waals surface area contributed by atoms with Crippen molar-refractivity contribution in [2.75, 3.05) is 49.3 Å². The maximum Gasteiger partial charge on any atom is 0.236 e. The monoisotopic (exact) mass is 334 g/mol. The number of ether oxygens (including phenoxy) is 1. The van der Waals surface area contributed by atoms with Gasteiger partial charge in [-0.3, -0.25) is 9.59 Å². The third-order valence-electron chi connectivity index (χ3n) is 4.23. The molecule has 0 atom stereocenters. The van der Waals surface area contributed by atoms with Gasteiger partial charge in [0.05, 0.1) is 24.7 Å². The van der Waals surface area contributed by atoms with Gasteiger partial charge in [-0.1, -0.05) is 18.2 Å². The predicted molar refractivity (Wildman–Crippen MR) is 91.8 cm³/mol. The van der Waals surface area contributed by atoms with Crippen LogP contribution in [-0.2, 0) is 20.7 Å². The average Bonchev–Trinajstić information content (AvgIpc) is 2.61. The summed E-state index contributed by atoms with van der Waals surface area (Å²) in [4.78, 5) is 28.2. The summed E-state index contributed by atoms with van der Waals surface area (Å²) in [6.45, 7) is 3.31. The number of thioether (sulfide) groups is 1. The smallest absolute Gasteiger partial charge is 0.236 e. The van der Waals surface area contributed by atoms with Crippen LogP contribution in [0.1, 0.15) is 12.0 Å². The second kappa shape index (κ2) is 7.84. The highest BCUT2D eigenvalue weighted by molar-refractivity contribution is 8.00. The lowest BCUT2D eigenvalue weighted by Crippen LogP contribution is -2.42. The van der Waals surface area contributed by atoms with Gasteiger partial charge < -0.3 is 14.5 Å². The molecule has 1 aromatic carbocycles. The molecule has 124 valence electrons. The summed E-state index contributed by atoms with van der Waals surface area (Å²) in [5, 5.41) is 0. The number of aryl methyl sites for hydroxylation is 1. The Bertz CT molecular complexity index is 573. The second-order valence-corrected chi connectivity index (χ2v) is 6.75. The third kappa shape index (κ3) is 4.06. The maximum atomic E-state index is 12.5. The van der Waals surface area contributed by atoms with Crippen molar-refractivity contribution in [1.29, 1.82) is 0 Å². The second-order valence-electron chi connectivity index (χ2n) is 5.76. The average molecular weight is 334 g/mol. The topological polar surface area (TPSA) is 49.9 Å². The summed E-state index contributed by atoms with van der Waals surface area (Å²) in [6, 6.07) is 8.09. The molecule has 3 rings (SSSR count). The van der Waals surface area contributed by atoms with Gasteiger partial charge in [0, 0.05) is 25.3 Å². The molecular weight excluding hydrogens is 312 g/mol. The Labute approximate surface area is 141 Å². The largest absolute Gasteiger partial charge is 0.378 e. The van der Waals surface area contributed by atoms with Gasteiger partial charge in [-0.15, -0.1) is 11.8 Å². The van der Waals surface area contributed by atoms with Crippen molar-refractivity contribution in [3.63, 3.8) is 0 Å². The van der Waals surface area contributed by atoms with Gasteiger partial charge in [-0.05, 0) is 24.5 Å². The number of hydrogen-bond acceptors (Lipinski definition) is 4. The Morgan fingerprint density at radius 3 is 2.61 bits per heavy atom. The van der Waals surface area contributed by atoms with Crippen LogP contribution in [0, 0.1) is 0 Å². The SMILES string of the molecule is O=C(CSCC(=O)N1CCCc2ccccc21)N1CCOCC1. The number of rotatable bonds is 4. The maximum absolute atomic E-state index is 12.5. The van der Waals surface area contributed by atoms with E-state index in [1.807, 2.05) is 28.0 Å². The normalized spacial score (nSPS) is 17.7. The van der Waals surface area contributed by atoms with E-state index < -0.39 is 0 Å². The molecule has 0 saturated carbocycles. The lowest BCUT2D eigenvalue weighted by Gasteiger charge is -2.29. The predicted octanol–water partition coefficient (Wildman–Crippen LogP) is 1.56. The van der Waals surface area contributed by atoms with E-state index in [0.29, 0.717) is 37.8 Å². The summed E-state index contributed by atoms with van der Waals surface area (Å²) in [7, 11) is 0. The molecule has 0 N–H and O–H groups in total. The minimum atomic E-state index is 0.0944. The van der Waals surface area contributed by atoms with Gasteiger partial charge in [0.25, 0.3) is 0 Å². The molecule has 0 aliphatic carbocycles. The number of amides is 2. The number of benzene rings is 1. The van der Waals surface area contributed by atoms with E-state index in [1.165, 1.54) is 17.3 Å². The Balaban J connectivity index is 1.49. The van der Waals surface area contributed by atoms with E-state index in [9.17, 15) is 9.59 Å². The van der Waals surface area contributed by atoms with E-state index in [-0.39, 0.29) is 11.8 Å². The molecule has 0 unspecified atom stereocenters. The molecule has 1 aromatic rings. The molecule has 0 spiro atoms. The number of anilines is 1.